The zero-order chi connectivity index (χ0) is 16.1. The first-order chi connectivity index (χ1) is 11.8. The molecule has 0 amide bonds. The zero-order valence-corrected chi connectivity index (χ0v) is 13.9. The van der Waals surface area contributed by atoms with Crippen LogP contribution in [0.15, 0.2) is 91.0 Å². The predicted octanol–water partition coefficient (Wildman–Crippen LogP) is 4.46. The van der Waals surface area contributed by atoms with Crippen LogP contribution in [0, 0.1) is 0 Å². The molecule has 0 saturated heterocycles. The molecule has 1 atom stereocenters. The molecule has 0 N–H and O–H groups in total. The lowest BCUT2D eigenvalue weighted by Gasteiger charge is -2.15. The highest BCUT2D eigenvalue weighted by Gasteiger charge is 2.40. The van der Waals surface area contributed by atoms with Crippen molar-refractivity contribution in [3.63, 3.8) is 0 Å². The molecule has 0 radical (unpaired) electrons. The largest absolute Gasteiger partial charge is 0.309 e. The molecule has 114 valence electrons. The lowest BCUT2D eigenvalue weighted by molar-refractivity contribution is 0.593. The van der Waals surface area contributed by atoms with Gasteiger partial charge in [-0.1, -0.05) is 84.9 Å². The standard InChI is InChI=1S/C22H15OP/c23-24(17-9-2-1-3-10-17)20-13-7-6-12-19(20)22-18-11-5-4-8-16(18)14-15-21(22)24/h1-15H. The molecule has 0 aromatic heterocycles. The molecule has 1 unspecified atom stereocenters. The Hall–Kier alpha value is -2.63. The van der Waals surface area contributed by atoms with Crippen molar-refractivity contribution in [3.8, 4) is 11.1 Å². The lowest BCUT2D eigenvalue weighted by atomic mass is 9.98. The van der Waals surface area contributed by atoms with Crippen molar-refractivity contribution < 1.29 is 4.57 Å². The van der Waals surface area contributed by atoms with E-state index in [1.165, 1.54) is 10.8 Å². The van der Waals surface area contributed by atoms with Crippen LogP contribution >= 0.6 is 7.14 Å². The number of fused-ring (bicyclic) bond motifs is 5. The Morgan fingerprint density at radius 1 is 0.583 bits per heavy atom. The van der Waals surface area contributed by atoms with Crippen molar-refractivity contribution in [1.29, 1.82) is 0 Å². The summed E-state index contributed by atoms with van der Waals surface area (Å²) in [4.78, 5) is 0. The molecule has 4 aromatic carbocycles. The highest BCUT2D eigenvalue weighted by molar-refractivity contribution is 7.86. The van der Waals surface area contributed by atoms with Crippen molar-refractivity contribution in [1.82, 2.24) is 0 Å². The topological polar surface area (TPSA) is 17.1 Å². The van der Waals surface area contributed by atoms with Gasteiger partial charge in [-0.15, -0.1) is 0 Å². The Labute approximate surface area is 141 Å². The van der Waals surface area contributed by atoms with Crippen LogP contribution in [-0.4, -0.2) is 0 Å². The van der Waals surface area contributed by atoms with Gasteiger partial charge in [-0.3, -0.25) is 0 Å². The van der Waals surface area contributed by atoms with Crippen LogP contribution in [0.1, 0.15) is 0 Å². The molecule has 5 rings (SSSR count). The summed E-state index contributed by atoms with van der Waals surface area (Å²) in [6.07, 6.45) is 0. The fourth-order valence-electron chi connectivity index (χ4n) is 3.81. The van der Waals surface area contributed by atoms with E-state index in [1.807, 2.05) is 54.6 Å². The number of hydrogen-bond acceptors (Lipinski definition) is 1. The first kappa shape index (κ1) is 13.8. The molecule has 0 fully saturated rings. The molecule has 0 aliphatic carbocycles. The zero-order valence-electron chi connectivity index (χ0n) is 13.0. The molecule has 2 heteroatoms. The highest BCUT2D eigenvalue weighted by Crippen LogP contribution is 2.53. The smallest absolute Gasteiger partial charge is 0.172 e. The first-order valence-corrected chi connectivity index (χ1v) is 9.79. The summed E-state index contributed by atoms with van der Waals surface area (Å²) in [5.41, 5.74) is 2.24. The second-order valence-electron chi connectivity index (χ2n) is 6.14. The molecular weight excluding hydrogens is 311 g/mol. The number of rotatable bonds is 1. The van der Waals surface area contributed by atoms with Gasteiger partial charge in [0.05, 0.1) is 0 Å². The van der Waals surface area contributed by atoms with E-state index >= 15 is 0 Å². The van der Waals surface area contributed by atoms with Crippen molar-refractivity contribution in [3.05, 3.63) is 91.0 Å². The summed E-state index contributed by atoms with van der Waals surface area (Å²) in [6, 6.07) is 30.5. The maximum absolute atomic E-state index is 14.3. The average molecular weight is 326 g/mol. The summed E-state index contributed by atoms with van der Waals surface area (Å²) in [6.45, 7) is 0. The first-order valence-electron chi connectivity index (χ1n) is 8.08. The second kappa shape index (κ2) is 4.93. The van der Waals surface area contributed by atoms with Gasteiger partial charge in [0.2, 0.25) is 0 Å². The summed E-state index contributed by atoms with van der Waals surface area (Å²) in [5.74, 6) is 0. The van der Waals surface area contributed by atoms with Crippen LogP contribution < -0.4 is 15.9 Å². The van der Waals surface area contributed by atoms with E-state index in [4.69, 9.17) is 0 Å². The second-order valence-corrected chi connectivity index (χ2v) is 8.84. The van der Waals surface area contributed by atoms with Crippen LogP contribution in [0.2, 0.25) is 0 Å². The van der Waals surface area contributed by atoms with Gasteiger partial charge in [0.1, 0.15) is 0 Å². The molecule has 0 bridgehead atoms. The third-order valence-corrected chi connectivity index (χ3v) is 8.02. The van der Waals surface area contributed by atoms with Crippen molar-refractivity contribution in [2.24, 2.45) is 0 Å². The van der Waals surface area contributed by atoms with E-state index in [-0.39, 0.29) is 0 Å². The fourth-order valence-corrected chi connectivity index (χ4v) is 6.88. The SMILES string of the molecule is O=P1(c2ccccc2)c2ccccc2-c2c1ccc1ccccc21. The summed E-state index contributed by atoms with van der Waals surface area (Å²) in [7, 11) is -2.81. The molecule has 0 spiro atoms. The molecule has 4 aromatic rings. The van der Waals surface area contributed by atoms with E-state index in [0.717, 1.165) is 27.0 Å². The third kappa shape index (κ3) is 1.68. The Morgan fingerprint density at radius 2 is 1.29 bits per heavy atom. The molecule has 0 saturated carbocycles. The van der Waals surface area contributed by atoms with Gasteiger partial charge >= 0.3 is 0 Å². The Kier molecular flexibility index (Phi) is 2.83. The minimum absolute atomic E-state index is 0.909. The van der Waals surface area contributed by atoms with Crippen LogP contribution in [0.25, 0.3) is 21.9 Å². The Morgan fingerprint density at radius 3 is 2.17 bits per heavy atom. The third-order valence-electron chi connectivity index (χ3n) is 4.88. The fraction of sp³-hybridized carbons (Fsp3) is 0. The highest BCUT2D eigenvalue weighted by atomic mass is 31.2. The molecular formula is C22H15OP. The molecule has 1 aliphatic heterocycles. The summed E-state index contributed by atoms with van der Waals surface area (Å²) in [5, 5.41) is 5.20. The van der Waals surface area contributed by atoms with Gasteiger partial charge in [0, 0.05) is 21.5 Å². The van der Waals surface area contributed by atoms with Crippen molar-refractivity contribution >= 4 is 33.8 Å². The van der Waals surface area contributed by atoms with Gasteiger partial charge in [-0.2, -0.15) is 0 Å². The van der Waals surface area contributed by atoms with Crippen LogP contribution in [0.5, 0.6) is 0 Å². The maximum Gasteiger partial charge on any atom is 0.172 e. The normalized spacial score (nSPS) is 18.3. The maximum atomic E-state index is 14.3. The van der Waals surface area contributed by atoms with E-state index in [0.29, 0.717) is 0 Å². The van der Waals surface area contributed by atoms with Crippen LogP contribution in [-0.2, 0) is 4.57 Å². The monoisotopic (exact) mass is 326 g/mol. The van der Waals surface area contributed by atoms with E-state index in [2.05, 4.69) is 36.4 Å². The number of benzene rings is 4. The number of hydrogen-bond donors (Lipinski definition) is 0. The molecule has 1 aliphatic rings. The quantitative estimate of drug-likeness (QED) is 0.416. The lowest BCUT2D eigenvalue weighted by Crippen LogP contribution is -2.20. The summed E-state index contributed by atoms with van der Waals surface area (Å²) < 4.78 is 14.3. The summed E-state index contributed by atoms with van der Waals surface area (Å²) >= 11 is 0. The van der Waals surface area contributed by atoms with Gasteiger partial charge in [-0.05, 0) is 22.4 Å². The minimum Gasteiger partial charge on any atom is -0.309 e. The predicted molar refractivity (Wildman–Crippen MR) is 102 cm³/mol. The Balaban J connectivity index is 1.98. The van der Waals surface area contributed by atoms with Crippen molar-refractivity contribution in [2.75, 3.05) is 0 Å². The van der Waals surface area contributed by atoms with Gasteiger partial charge in [0.25, 0.3) is 0 Å². The van der Waals surface area contributed by atoms with Crippen LogP contribution in [0.3, 0.4) is 0 Å². The minimum atomic E-state index is -2.81. The van der Waals surface area contributed by atoms with E-state index in [9.17, 15) is 4.57 Å². The van der Waals surface area contributed by atoms with Gasteiger partial charge in [0.15, 0.2) is 7.14 Å². The van der Waals surface area contributed by atoms with E-state index < -0.39 is 7.14 Å². The Bertz CT molecular complexity index is 1130. The molecule has 1 nitrogen and oxygen atoms in total. The molecule has 1 heterocycles. The average Bonchev–Trinajstić information content (AvgIpc) is 2.93. The van der Waals surface area contributed by atoms with E-state index in [1.54, 1.807) is 0 Å². The van der Waals surface area contributed by atoms with Crippen molar-refractivity contribution in [2.45, 2.75) is 0 Å². The van der Waals surface area contributed by atoms with Gasteiger partial charge in [-0.25, -0.2) is 0 Å². The molecule has 24 heavy (non-hydrogen) atoms. The van der Waals surface area contributed by atoms with Crippen LogP contribution in [0.4, 0.5) is 0 Å². The van der Waals surface area contributed by atoms with Gasteiger partial charge < -0.3 is 4.57 Å².